The van der Waals surface area contributed by atoms with Gasteiger partial charge in [-0.1, -0.05) is 24.2 Å². The van der Waals surface area contributed by atoms with Crippen LogP contribution in [0.15, 0.2) is 11.6 Å². The van der Waals surface area contributed by atoms with Crippen LogP contribution in [0.1, 0.15) is 32.1 Å². The normalized spacial score (nSPS) is 17.1. The van der Waals surface area contributed by atoms with Crippen molar-refractivity contribution in [2.45, 2.75) is 37.6 Å². The molecule has 0 atom stereocenters. The smallest absolute Gasteiger partial charge is 0.372 e. The molecule has 2 N–H and O–H groups in total. The van der Waals surface area contributed by atoms with Gasteiger partial charge in [-0.2, -0.15) is 9.38 Å². The molecule has 0 bridgehead atoms. The summed E-state index contributed by atoms with van der Waals surface area (Å²) in [6, 6.07) is 0. The van der Waals surface area contributed by atoms with E-state index in [1.165, 1.54) is 15.7 Å². The van der Waals surface area contributed by atoms with Crippen molar-refractivity contribution in [3.8, 4) is 0 Å². The predicted molar refractivity (Wildman–Crippen MR) is 76.8 cm³/mol. The van der Waals surface area contributed by atoms with E-state index in [1.807, 2.05) is 0 Å². The number of hydrogen-bond acceptors (Lipinski definition) is 6. The summed E-state index contributed by atoms with van der Waals surface area (Å²) in [6.45, 7) is 0. The van der Waals surface area contributed by atoms with Crippen molar-refractivity contribution in [2.75, 3.05) is 5.32 Å². The lowest BCUT2D eigenvalue weighted by Crippen LogP contribution is -2.37. The van der Waals surface area contributed by atoms with E-state index in [9.17, 15) is 14.9 Å². The number of aliphatic carboxylic acids is 1. The molecule has 1 aliphatic rings. The molecule has 21 heavy (non-hydrogen) atoms. The average Bonchev–Trinajstić information content (AvgIpc) is 3.03. The van der Waals surface area contributed by atoms with Gasteiger partial charge < -0.3 is 20.5 Å². The topological polar surface area (TPSA) is 110 Å². The third kappa shape index (κ3) is 2.44. The number of nitro groups is 1. The van der Waals surface area contributed by atoms with Crippen LogP contribution in [0.5, 0.6) is 0 Å². The maximum atomic E-state index is 11.3. The molecule has 1 aliphatic carbocycles. The van der Waals surface area contributed by atoms with Crippen molar-refractivity contribution in [3.05, 3.63) is 21.7 Å². The lowest BCUT2D eigenvalue weighted by Gasteiger charge is -2.28. The largest absolute Gasteiger partial charge is 0.481 e. The number of rotatable bonds is 5. The maximum Gasteiger partial charge on any atom is 0.372 e. The molecule has 0 amide bonds. The Bertz CT molecular complexity index is 701. The second kappa shape index (κ2) is 4.99. The molecule has 0 spiro atoms. The first-order valence-electron chi connectivity index (χ1n) is 6.61. The summed E-state index contributed by atoms with van der Waals surface area (Å²) < 4.78 is 1.41. The molecule has 112 valence electrons. The summed E-state index contributed by atoms with van der Waals surface area (Å²) in [6.07, 6.45) is 4.72. The van der Waals surface area contributed by atoms with Crippen LogP contribution in [-0.2, 0) is 4.79 Å². The Morgan fingerprint density at radius 3 is 2.90 bits per heavy atom. The van der Waals surface area contributed by atoms with Crippen molar-refractivity contribution in [3.63, 3.8) is 0 Å². The molecule has 1 saturated carbocycles. The minimum Gasteiger partial charge on any atom is -0.481 e. The van der Waals surface area contributed by atoms with Gasteiger partial charge in [0, 0.05) is 10.9 Å². The standard InChI is InChI=1S/C12H14N4O4S/c17-8(18)7-12(3-1-2-4-12)14-9-10(16(19)20)15-5-6-21-11(15)13-9/h5-6,14H,1-4,7H2,(H,17,18). The summed E-state index contributed by atoms with van der Waals surface area (Å²) in [5, 5.41) is 25.2. The molecule has 9 heteroatoms. The third-order valence-corrected chi connectivity index (χ3v) is 4.60. The Hall–Kier alpha value is -2.16. The average molecular weight is 310 g/mol. The predicted octanol–water partition coefficient (Wildman–Crippen LogP) is 2.50. The van der Waals surface area contributed by atoms with Crippen molar-refractivity contribution in [1.82, 2.24) is 9.38 Å². The van der Waals surface area contributed by atoms with Crippen LogP contribution in [0.3, 0.4) is 0 Å². The number of carboxylic acids is 1. The van der Waals surface area contributed by atoms with Crippen molar-refractivity contribution < 1.29 is 14.8 Å². The Kier molecular flexibility index (Phi) is 3.28. The SMILES string of the molecule is O=C(O)CC1(Nc2nc3sccn3c2[N+](=O)[O-])CCCC1. The van der Waals surface area contributed by atoms with Crippen LogP contribution in [0, 0.1) is 10.1 Å². The van der Waals surface area contributed by atoms with Crippen LogP contribution in [0.2, 0.25) is 0 Å². The number of anilines is 1. The minimum atomic E-state index is -0.909. The molecule has 0 aromatic carbocycles. The Morgan fingerprint density at radius 2 is 2.29 bits per heavy atom. The van der Waals surface area contributed by atoms with Crippen LogP contribution in [-0.4, -0.2) is 30.9 Å². The summed E-state index contributed by atoms with van der Waals surface area (Å²) >= 11 is 1.30. The maximum absolute atomic E-state index is 11.3. The second-order valence-electron chi connectivity index (χ2n) is 5.28. The van der Waals surface area contributed by atoms with E-state index in [1.54, 1.807) is 11.6 Å². The third-order valence-electron chi connectivity index (χ3n) is 3.84. The van der Waals surface area contributed by atoms with E-state index >= 15 is 0 Å². The van der Waals surface area contributed by atoms with E-state index in [-0.39, 0.29) is 18.1 Å². The zero-order valence-corrected chi connectivity index (χ0v) is 11.9. The summed E-state index contributed by atoms with van der Waals surface area (Å²) in [7, 11) is 0. The van der Waals surface area contributed by atoms with Gasteiger partial charge in [-0.3, -0.25) is 4.79 Å². The van der Waals surface area contributed by atoms with Gasteiger partial charge in [0.1, 0.15) is 6.20 Å². The van der Waals surface area contributed by atoms with Gasteiger partial charge in [0.25, 0.3) is 4.96 Å². The number of fused-ring (bicyclic) bond motifs is 1. The van der Waals surface area contributed by atoms with Crippen LogP contribution in [0.4, 0.5) is 11.6 Å². The highest BCUT2D eigenvalue weighted by atomic mass is 32.1. The first-order chi connectivity index (χ1) is 10.0. The first kappa shape index (κ1) is 13.8. The van der Waals surface area contributed by atoms with E-state index < -0.39 is 16.4 Å². The molecule has 2 aromatic rings. The van der Waals surface area contributed by atoms with E-state index in [0.717, 1.165) is 12.8 Å². The van der Waals surface area contributed by atoms with Gasteiger partial charge in [-0.05, 0) is 17.8 Å². The van der Waals surface area contributed by atoms with Crippen LogP contribution < -0.4 is 5.32 Å². The van der Waals surface area contributed by atoms with Crippen molar-refractivity contribution in [1.29, 1.82) is 0 Å². The Labute approximate surface area is 123 Å². The summed E-state index contributed by atoms with van der Waals surface area (Å²) in [5.74, 6) is -0.883. The highest BCUT2D eigenvalue weighted by molar-refractivity contribution is 7.15. The van der Waals surface area contributed by atoms with Crippen molar-refractivity contribution >= 4 is 33.9 Å². The lowest BCUT2D eigenvalue weighted by molar-refractivity contribution is -0.389. The van der Waals surface area contributed by atoms with Gasteiger partial charge in [-0.15, -0.1) is 0 Å². The summed E-state index contributed by atoms with van der Waals surface area (Å²) in [5.41, 5.74) is -0.638. The van der Waals surface area contributed by atoms with E-state index in [2.05, 4.69) is 10.3 Å². The fourth-order valence-corrected chi connectivity index (χ4v) is 3.68. The van der Waals surface area contributed by atoms with Gasteiger partial charge in [0.2, 0.25) is 5.82 Å². The number of aromatic nitrogens is 2. The summed E-state index contributed by atoms with van der Waals surface area (Å²) in [4.78, 5) is 26.7. The number of nitrogens with one attached hydrogen (secondary N) is 1. The van der Waals surface area contributed by atoms with Crippen LogP contribution in [0.25, 0.3) is 4.96 Å². The molecular formula is C12H14N4O4S. The molecule has 0 unspecified atom stereocenters. The quantitative estimate of drug-likeness (QED) is 0.648. The fraction of sp³-hybridized carbons (Fsp3) is 0.500. The molecule has 2 heterocycles. The van der Waals surface area contributed by atoms with E-state index in [4.69, 9.17) is 5.11 Å². The van der Waals surface area contributed by atoms with Crippen molar-refractivity contribution in [2.24, 2.45) is 0 Å². The number of carboxylic acid groups (broad SMARTS) is 1. The van der Waals surface area contributed by atoms with Gasteiger partial charge in [0.15, 0.2) is 0 Å². The Morgan fingerprint density at radius 1 is 1.57 bits per heavy atom. The highest BCUT2D eigenvalue weighted by Gasteiger charge is 2.39. The van der Waals surface area contributed by atoms with Gasteiger partial charge in [0.05, 0.1) is 6.42 Å². The lowest BCUT2D eigenvalue weighted by atomic mass is 9.93. The Balaban J connectivity index is 1.99. The molecule has 3 rings (SSSR count). The molecule has 0 saturated heterocycles. The second-order valence-corrected chi connectivity index (χ2v) is 6.15. The van der Waals surface area contributed by atoms with E-state index in [0.29, 0.717) is 17.8 Å². The molecular weight excluding hydrogens is 296 g/mol. The number of carbonyl (C=O) groups is 1. The highest BCUT2D eigenvalue weighted by Crippen LogP contribution is 2.38. The molecule has 1 fully saturated rings. The first-order valence-corrected chi connectivity index (χ1v) is 7.49. The number of imidazole rings is 1. The fourth-order valence-electron chi connectivity index (χ4n) is 2.97. The number of thiazole rings is 1. The number of nitrogens with zero attached hydrogens (tertiary/aromatic N) is 3. The molecule has 8 nitrogen and oxygen atoms in total. The zero-order chi connectivity index (χ0) is 15.0. The van der Waals surface area contributed by atoms with Gasteiger partial charge in [-0.25, -0.2) is 0 Å². The van der Waals surface area contributed by atoms with Crippen LogP contribution >= 0.6 is 11.3 Å². The van der Waals surface area contributed by atoms with Gasteiger partial charge >= 0.3 is 11.8 Å². The molecule has 2 aromatic heterocycles. The monoisotopic (exact) mass is 310 g/mol. The zero-order valence-electron chi connectivity index (χ0n) is 11.1. The molecule has 0 aliphatic heterocycles. The number of hydrogen-bond donors (Lipinski definition) is 2. The molecule has 0 radical (unpaired) electrons. The minimum absolute atomic E-state index is 0.0602.